The standard InChI is InChI=1S/C18H23ClN2O/c19-14-6-4-13(5-7-14)16-11-17(16)18(22)21-10-2-9-20-8-1-3-15(20)12-21/h4-7,15-17H,1-3,8-12H2/t15-,16+,17-/m1/s1. The van der Waals surface area contributed by atoms with E-state index in [4.69, 9.17) is 11.6 Å². The van der Waals surface area contributed by atoms with Crippen LogP contribution in [-0.4, -0.2) is 47.9 Å². The zero-order chi connectivity index (χ0) is 15.1. The molecule has 1 aliphatic carbocycles. The van der Waals surface area contributed by atoms with Crippen LogP contribution in [0.1, 0.15) is 37.2 Å². The minimum absolute atomic E-state index is 0.203. The Labute approximate surface area is 137 Å². The summed E-state index contributed by atoms with van der Waals surface area (Å²) in [4.78, 5) is 17.6. The van der Waals surface area contributed by atoms with Gasteiger partial charge in [0.1, 0.15) is 0 Å². The van der Waals surface area contributed by atoms with Crippen LogP contribution in [0.4, 0.5) is 0 Å². The summed E-state index contributed by atoms with van der Waals surface area (Å²) in [6.07, 6.45) is 4.69. The van der Waals surface area contributed by atoms with Crippen molar-refractivity contribution < 1.29 is 4.79 Å². The topological polar surface area (TPSA) is 23.6 Å². The van der Waals surface area contributed by atoms with Crippen LogP contribution in [0.25, 0.3) is 0 Å². The fourth-order valence-corrected chi connectivity index (χ4v) is 4.31. The monoisotopic (exact) mass is 318 g/mol. The van der Waals surface area contributed by atoms with Crippen molar-refractivity contribution >= 4 is 17.5 Å². The second-order valence-corrected chi connectivity index (χ2v) is 7.41. The summed E-state index contributed by atoms with van der Waals surface area (Å²) in [6, 6.07) is 8.61. The molecular formula is C18H23ClN2O. The number of benzene rings is 1. The second-order valence-electron chi connectivity index (χ2n) is 6.97. The van der Waals surface area contributed by atoms with E-state index in [1.165, 1.54) is 31.5 Å². The SMILES string of the molecule is O=C([C@@H]1C[C@H]1c1ccc(Cl)cc1)N1CCCN2CCC[C@@H]2C1. The molecule has 22 heavy (non-hydrogen) atoms. The van der Waals surface area contributed by atoms with Crippen LogP contribution >= 0.6 is 11.6 Å². The van der Waals surface area contributed by atoms with Gasteiger partial charge in [-0.1, -0.05) is 23.7 Å². The van der Waals surface area contributed by atoms with E-state index in [2.05, 4.69) is 21.9 Å². The van der Waals surface area contributed by atoms with Gasteiger partial charge in [0, 0.05) is 36.6 Å². The molecule has 4 heteroatoms. The van der Waals surface area contributed by atoms with Gasteiger partial charge in [-0.2, -0.15) is 0 Å². The summed E-state index contributed by atoms with van der Waals surface area (Å²) in [6.45, 7) is 4.28. The van der Waals surface area contributed by atoms with Crippen LogP contribution in [0, 0.1) is 5.92 Å². The van der Waals surface area contributed by atoms with Gasteiger partial charge in [-0.3, -0.25) is 9.69 Å². The van der Waals surface area contributed by atoms with Crippen molar-refractivity contribution in [3.63, 3.8) is 0 Å². The van der Waals surface area contributed by atoms with Crippen molar-refractivity contribution in [2.24, 2.45) is 5.92 Å². The molecular weight excluding hydrogens is 296 g/mol. The van der Waals surface area contributed by atoms with Gasteiger partial charge in [-0.25, -0.2) is 0 Å². The van der Waals surface area contributed by atoms with Gasteiger partial charge in [-0.15, -0.1) is 0 Å². The molecule has 1 saturated carbocycles. The first-order valence-corrected chi connectivity index (χ1v) is 8.88. The Bertz CT molecular complexity index is 559. The fraction of sp³-hybridized carbons (Fsp3) is 0.611. The Balaban J connectivity index is 1.41. The molecule has 2 heterocycles. The lowest BCUT2D eigenvalue weighted by Crippen LogP contribution is -2.40. The molecule has 0 radical (unpaired) electrons. The summed E-state index contributed by atoms with van der Waals surface area (Å²) in [5, 5.41) is 0.765. The number of fused-ring (bicyclic) bond motifs is 1. The van der Waals surface area contributed by atoms with Gasteiger partial charge in [0.05, 0.1) is 0 Å². The van der Waals surface area contributed by atoms with E-state index in [9.17, 15) is 4.79 Å². The molecule has 4 rings (SSSR count). The van der Waals surface area contributed by atoms with Crippen molar-refractivity contribution in [2.45, 2.75) is 37.6 Å². The molecule has 0 aromatic heterocycles. The summed E-state index contributed by atoms with van der Waals surface area (Å²) in [7, 11) is 0. The van der Waals surface area contributed by atoms with Crippen LogP contribution in [0.3, 0.4) is 0 Å². The Morgan fingerprint density at radius 3 is 2.68 bits per heavy atom. The highest BCUT2D eigenvalue weighted by Gasteiger charge is 2.46. The molecule has 2 aliphatic heterocycles. The lowest BCUT2D eigenvalue weighted by atomic mass is 10.1. The van der Waals surface area contributed by atoms with Crippen LogP contribution in [-0.2, 0) is 4.79 Å². The van der Waals surface area contributed by atoms with Crippen molar-refractivity contribution in [3.05, 3.63) is 34.9 Å². The number of nitrogens with zero attached hydrogens (tertiary/aromatic N) is 2. The summed E-state index contributed by atoms with van der Waals surface area (Å²) in [5.74, 6) is 0.996. The first kappa shape index (κ1) is 14.5. The lowest BCUT2D eigenvalue weighted by molar-refractivity contribution is -0.132. The molecule has 0 unspecified atom stereocenters. The predicted octanol–water partition coefficient (Wildman–Crippen LogP) is 3.14. The highest BCUT2D eigenvalue weighted by molar-refractivity contribution is 6.30. The zero-order valence-corrected chi connectivity index (χ0v) is 13.6. The number of rotatable bonds is 2. The quantitative estimate of drug-likeness (QED) is 0.836. The fourth-order valence-electron chi connectivity index (χ4n) is 4.19. The molecule has 3 atom stereocenters. The highest BCUT2D eigenvalue weighted by atomic mass is 35.5. The van der Waals surface area contributed by atoms with Crippen molar-refractivity contribution in [1.82, 2.24) is 9.80 Å². The van der Waals surface area contributed by atoms with Gasteiger partial charge >= 0.3 is 0 Å². The van der Waals surface area contributed by atoms with Crippen LogP contribution in [0.2, 0.25) is 5.02 Å². The highest BCUT2D eigenvalue weighted by Crippen LogP contribution is 2.48. The minimum Gasteiger partial charge on any atom is -0.341 e. The molecule has 0 spiro atoms. The molecule has 2 saturated heterocycles. The van der Waals surface area contributed by atoms with E-state index in [1.807, 2.05) is 12.1 Å². The number of hydrogen-bond donors (Lipinski definition) is 0. The van der Waals surface area contributed by atoms with Crippen LogP contribution in [0.15, 0.2) is 24.3 Å². The Morgan fingerprint density at radius 2 is 1.86 bits per heavy atom. The van der Waals surface area contributed by atoms with Crippen LogP contribution < -0.4 is 0 Å². The first-order chi connectivity index (χ1) is 10.7. The molecule has 3 nitrogen and oxygen atoms in total. The molecule has 0 N–H and O–H groups in total. The Hall–Kier alpha value is -1.06. The summed E-state index contributed by atoms with van der Waals surface area (Å²) in [5.41, 5.74) is 1.26. The Kier molecular flexibility index (Phi) is 3.87. The number of amides is 1. The van der Waals surface area contributed by atoms with Crippen molar-refractivity contribution in [1.29, 1.82) is 0 Å². The number of halogens is 1. The number of hydrogen-bond acceptors (Lipinski definition) is 2. The van der Waals surface area contributed by atoms with E-state index >= 15 is 0 Å². The largest absolute Gasteiger partial charge is 0.341 e. The van der Waals surface area contributed by atoms with Gasteiger partial charge < -0.3 is 4.90 Å². The molecule has 1 aromatic rings. The number of carbonyl (C=O) groups excluding carboxylic acids is 1. The first-order valence-electron chi connectivity index (χ1n) is 8.50. The van der Waals surface area contributed by atoms with E-state index in [0.717, 1.165) is 31.0 Å². The van der Waals surface area contributed by atoms with Gasteiger partial charge in [0.15, 0.2) is 0 Å². The lowest BCUT2D eigenvalue weighted by Gasteiger charge is -2.26. The molecule has 118 valence electrons. The third-order valence-corrected chi connectivity index (χ3v) is 5.77. The minimum atomic E-state index is 0.203. The van der Waals surface area contributed by atoms with E-state index in [-0.39, 0.29) is 5.92 Å². The summed E-state index contributed by atoms with van der Waals surface area (Å²) < 4.78 is 0. The average molecular weight is 319 g/mol. The molecule has 3 aliphatic rings. The second kappa shape index (κ2) is 5.86. The normalized spacial score (nSPS) is 31.7. The van der Waals surface area contributed by atoms with Crippen molar-refractivity contribution in [3.8, 4) is 0 Å². The van der Waals surface area contributed by atoms with E-state index in [0.29, 0.717) is 17.9 Å². The van der Waals surface area contributed by atoms with E-state index < -0.39 is 0 Å². The van der Waals surface area contributed by atoms with E-state index in [1.54, 1.807) is 0 Å². The summed E-state index contributed by atoms with van der Waals surface area (Å²) >= 11 is 5.95. The molecule has 3 fully saturated rings. The zero-order valence-electron chi connectivity index (χ0n) is 12.9. The van der Waals surface area contributed by atoms with Gasteiger partial charge in [0.2, 0.25) is 5.91 Å². The number of carbonyl (C=O) groups is 1. The van der Waals surface area contributed by atoms with Crippen LogP contribution in [0.5, 0.6) is 0 Å². The maximum Gasteiger partial charge on any atom is 0.226 e. The van der Waals surface area contributed by atoms with Gasteiger partial charge in [0.25, 0.3) is 0 Å². The smallest absolute Gasteiger partial charge is 0.226 e. The maximum atomic E-state index is 12.8. The van der Waals surface area contributed by atoms with Crippen molar-refractivity contribution in [2.75, 3.05) is 26.2 Å². The maximum absolute atomic E-state index is 12.8. The molecule has 1 amide bonds. The predicted molar refractivity (Wildman–Crippen MR) is 88.1 cm³/mol. The van der Waals surface area contributed by atoms with Gasteiger partial charge in [-0.05, 0) is 55.8 Å². The molecule has 1 aromatic carbocycles. The Morgan fingerprint density at radius 1 is 1.09 bits per heavy atom. The molecule has 0 bridgehead atoms. The third-order valence-electron chi connectivity index (χ3n) is 5.52. The average Bonchev–Trinajstić information content (AvgIpc) is 3.25. The third kappa shape index (κ3) is 2.77.